The maximum absolute atomic E-state index is 13.7. The zero-order valence-electron chi connectivity index (χ0n) is 25.4. The minimum Gasteiger partial charge on any atom is -0.483 e. The Balaban J connectivity index is 1.81. The Kier molecular flexibility index (Phi) is 10.9. The third-order valence-electron chi connectivity index (χ3n) is 7.30. The summed E-state index contributed by atoms with van der Waals surface area (Å²) in [6.45, 7) is 9.21. The molecule has 1 saturated heterocycles. The molecule has 13 heteroatoms. The van der Waals surface area contributed by atoms with Crippen molar-refractivity contribution in [2.75, 3.05) is 13.6 Å². The molecule has 2 heterocycles. The molecule has 2 aromatic rings. The molecule has 238 valence electrons. The zero-order chi connectivity index (χ0) is 32.1. The molecule has 1 aliphatic heterocycles. The SMILES string of the molecule is CC(C)N(C)C(=O)[C@H]1C[C@H](O)CN1C(=O)[C@@H](CCCC(F)(F)F)NC(=O)c1ccccc1OCc1ncc(C(C)(C)C)o1. The second-order valence-corrected chi connectivity index (χ2v) is 12.1. The number of carbonyl (C=O) groups is 3. The molecular formula is C30H41F3N4O6. The highest BCUT2D eigenvalue weighted by molar-refractivity contribution is 6.00. The second kappa shape index (κ2) is 13.8. The molecular weight excluding hydrogens is 569 g/mol. The molecule has 1 aliphatic rings. The minimum atomic E-state index is -4.45. The third-order valence-corrected chi connectivity index (χ3v) is 7.30. The number of likely N-dealkylation sites (tertiary alicyclic amines) is 1. The number of aliphatic hydroxyl groups excluding tert-OH is 1. The predicted octanol–water partition coefficient (Wildman–Crippen LogP) is 4.21. The van der Waals surface area contributed by atoms with E-state index in [1.54, 1.807) is 39.2 Å². The molecule has 1 fully saturated rings. The number of aliphatic hydroxyl groups is 1. The Bertz CT molecular complexity index is 1270. The Labute approximate surface area is 249 Å². The number of β-amino-alcohol motifs (C(OH)–C–C–N with tert-alkyl or cyclic N) is 1. The summed E-state index contributed by atoms with van der Waals surface area (Å²) in [6.07, 6.45) is -5.77. The van der Waals surface area contributed by atoms with Crippen molar-refractivity contribution < 1.29 is 41.8 Å². The number of hydrogen-bond acceptors (Lipinski definition) is 7. The van der Waals surface area contributed by atoms with E-state index in [9.17, 15) is 32.7 Å². The van der Waals surface area contributed by atoms with Crippen LogP contribution < -0.4 is 10.1 Å². The van der Waals surface area contributed by atoms with Crippen LogP contribution in [0.25, 0.3) is 0 Å². The van der Waals surface area contributed by atoms with Crippen LogP contribution in [0.5, 0.6) is 5.75 Å². The number of benzene rings is 1. The van der Waals surface area contributed by atoms with Crippen LogP contribution in [0.3, 0.4) is 0 Å². The van der Waals surface area contributed by atoms with E-state index in [1.165, 1.54) is 17.0 Å². The molecule has 0 bridgehead atoms. The van der Waals surface area contributed by atoms with Crippen molar-refractivity contribution in [2.24, 2.45) is 0 Å². The van der Waals surface area contributed by atoms with E-state index in [0.717, 1.165) is 4.90 Å². The number of alkyl halides is 3. The number of oxazole rings is 1. The third kappa shape index (κ3) is 9.19. The summed E-state index contributed by atoms with van der Waals surface area (Å²) < 4.78 is 50.4. The van der Waals surface area contributed by atoms with Crippen molar-refractivity contribution in [1.82, 2.24) is 20.1 Å². The maximum Gasteiger partial charge on any atom is 0.389 e. The van der Waals surface area contributed by atoms with E-state index in [-0.39, 0.29) is 54.7 Å². The van der Waals surface area contributed by atoms with Gasteiger partial charge < -0.3 is 29.4 Å². The second-order valence-electron chi connectivity index (χ2n) is 12.1. The molecule has 3 atom stereocenters. The average molecular weight is 611 g/mol. The van der Waals surface area contributed by atoms with Gasteiger partial charge in [0, 0.05) is 37.9 Å². The molecule has 10 nitrogen and oxygen atoms in total. The first kappa shape index (κ1) is 33.9. The number of likely N-dealkylation sites (N-methyl/N-ethyl adjacent to an activating group) is 1. The van der Waals surface area contributed by atoms with Gasteiger partial charge in [-0.15, -0.1) is 0 Å². The van der Waals surface area contributed by atoms with Gasteiger partial charge in [0.1, 0.15) is 23.6 Å². The van der Waals surface area contributed by atoms with Crippen LogP contribution in [-0.4, -0.2) is 81.6 Å². The van der Waals surface area contributed by atoms with Crippen LogP contribution in [0.2, 0.25) is 0 Å². The lowest BCUT2D eigenvalue weighted by Gasteiger charge is -2.32. The molecule has 3 rings (SSSR count). The van der Waals surface area contributed by atoms with Gasteiger partial charge in [0.2, 0.25) is 17.7 Å². The molecule has 2 N–H and O–H groups in total. The van der Waals surface area contributed by atoms with Gasteiger partial charge >= 0.3 is 6.18 Å². The van der Waals surface area contributed by atoms with E-state index < -0.39 is 54.9 Å². The first-order chi connectivity index (χ1) is 20.0. The molecule has 0 aliphatic carbocycles. The topological polar surface area (TPSA) is 125 Å². The van der Waals surface area contributed by atoms with Crippen molar-refractivity contribution in [3.8, 4) is 5.75 Å². The lowest BCUT2D eigenvalue weighted by Crippen LogP contribution is -2.54. The number of para-hydroxylation sites is 1. The van der Waals surface area contributed by atoms with Crippen molar-refractivity contribution in [3.05, 3.63) is 47.7 Å². The lowest BCUT2D eigenvalue weighted by atomic mass is 9.94. The Morgan fingerprint density at radius 3 is 2.49 bits per heavy atom. The van der Waals surface area contributed by atoms with E-state index in [4.69, 9.17) is 9.15 Å². The smallest absolute Gasteiger partial charge is 0.389 e. The van der Waals surface area contributed by atoms with Gasteiger partial charge in [0.05, 0.1) is 17.9 Å². The number of hydrogen-bond donors (Lipinski definition) is 2. The standard InChI is InChI=1S/C30H41F3N4O6/c1-18(2)36(6)28(41)22-14-19(38)16-37(22)27(40)21(11-9-13-30(31,32)33)35-26(39)20-10-7-8-12-23(20)42-17-25-34-15-24(43-25)29(3,4)5/h7-8,10,12,15,18-19,21-22,38H,9,11,13-14,16-17H2,1-6H3,(H,35,39)/t19-,21+,22+/m0/s1. The molecule has 1 aromatic carbocycles. The molecule has 1 aromatic heterocycles. The van der Waals surface area contributed by atoms with Gasteiger partial charge in [-0.05, 0) is 38.8 Å². The van der Waals surface area contributed by atoms with Crippen molar-refractivity contribution in [2.45, 2.75) is 103 Å². The fourth-order valence-electron chi connectivity index (χ4n) is 4.62. The fraction of sp³-hybridized carbons (Fsp3) is 0.600. The summed E-state index contributed by atoms with van der Waals surface area (Å²) in [4.78, 5) is 47.0. The summed E-state index contributed by atoms with van der Waals surface area (Å²) in [6, 6.07) is 3.65. The largest absolute Gasteiger partial charge is 0.483 e. The van der Waals surface area contributed by atoms with Crippen LogP contribution in [-0.2, 0) is 21.6 Å². The molecule has 0 spiro atoms. The Hall–Kier alpha value is -3.61. The van der Waals surface area contributed by atoms with Gasteiger partial charge in [-0.25, -0.2) is 4.98 Å². The zero-order valence-corrected chi connectivity index (χ0v) is 25.4. The van der Waals surface area contributed by atoms with Crippen LogP contribution in [0.1, 0.15) is 82.3 Å². The Morgan fingerprint density at radius 2 is 1.88 bits per heavy atom. The number of amides is 3. The molecule has 0 unspecified atom stereocenters. The van der Waals surface area contributed by atoms with Crippen molar-refractivity contribution in [3.63, 3.8) is 0 Å². The van der Waals surface area contributed by atoms with E-state index >= 15 is 0 Å². The summed E-state index contributed by atoms with van der Waals surface area (Å²) in [5, 5.41) is 12.9. The molecule has 3 amide bonds. The first-order valence-electron chi connectivity index (χ1n) is 14.3. The number of aromatic nitrogens is 1. The number of halogens is 3. The summed E-state index contributed by atoms with van der Waals surface area (Å²) in [5.74, 6) is -0.794. The van der Waals surface area contributed by atoms with Crippen LogP contribution in [0.15, 0.2) is 34.9 Å². The van der Waals surface area contributed by atoms with Crippen molar-refractivity contribution in [1.29, 1.82) is 0 Å². The number of nitrogens with zero attached hydrogens (tertiary/aromatic N) is 3. The van der Waals surface area contributed by atoms with Crippen LogP contribution in [0.4, 0.5) is 13.2 Å². The highest BCUT2D eigenvalue weighted by Crippen LogP contribution is 2.27. The minimum absolute atomic E-state index is 0.0146. The quantitative estimate of drug-likeness (QED) is 0.391. The Morgan fingerprint density at radius 1 is 1.21 bits per heavy atom. The molecule has 0 saturated carbocycles. The van der Waals surface area contributed by atoms with E-state index in [1.807, 2.05) is 20.8 Å². The van der Waals surface area contributed by atoms with E-state index in [2.05, 4.69) is 10.3 Å². The summed E-state index contributed by atoms with van der Waals surface area (Å²) in [7, 11) is 1.57. The lowest BCUT2D eigenvalue weighted by molar-refractivity contribution is -0.145. The summed E-state index contributed by atoms with van der Waals surface area (Å²) >= 11 is 0. The van der Waals surface area contributed by atoms with Crippen LogP contribution in [0, 0.1) is 0 Å². The highest BCUT2D eigenvalue weighted by atomic mass is 19.4. The van der Waals surface area contributed by atoms with Gasteiger partial charge in [-0.1, -0.05) is 32.9 Å². The van der Waals surface area contributed by atoms with Crippen LogP contribution >= 0.6 is 0 Å². The summed E-state index contributed by atoms with van der Waals surface area (Å²) in [5.41, 5.74) is -0.219. The fourth-order valence-corrected chi connectivity index (χ4v) is 4.62. The predicted molar refractivity (Wildman–Crippen MR) is 151 cm³/mol. The van der Waals surface area contributed by atoms with Gasteiger partial charge in [-0.3, -0.25) is 14.4 Å². The molecule has 43 heavy (non-hydrogen) atoms. The van der Waals surface area contributed by atoms with Gasteiger partial charge in [0.25, 0.3) is 5.91 Å². The number of rotatable bonds is 11. The average Bonchev–Trinajstić information content (AvgIpc) is 3.56. The van der Waals surface area contributed by atoms with Crippen molar-refractivity contribution >= 4 is 17.7 Å². The van der Waals surface area contributed by atoms with Gasteiger partial charge in [-0.2, -0.15) is 13.2 Å². The normalized spacial score (nSPS) is 18.1. The first-order valence-corrected chi connectivity index (χ1v) is 14.3. The number of nitrogens with one attached hydrogen (secondary N) is 1. The van der Waals surface area contributed by atoms with Gasteiger partial charge in [0.15, 0.2) is 6.61 Å². The molecule has 0 radical (unpaired) electrons. The van der Waals surface area contributed by atoms with E-state index in [0.29, 0.717) is 5.76 Å². The number of ether oxygens (including phenoxy) is 1. The maximum atomic E-state index is 13.7. The monoisotopic (exact) mass is 610 g/mol. The highest BCUT2D eigenvalue weighted by Gasteiger charge is 2.43. The number of carbonyl (C=O) groups excluding carboxylic acids is 3.